The van der Waals surface area contributed by atoms with Gasteiger partial charge >= 0.3 is 24.1 Å². The Morgan fingerprint density at radius 1 is 1.02 bits per heavy atom. The summed E-state index contributed by atoms with van der Waals surface area (Å²) in [4.78, 5) is 112. The maximum Gasteiger partial charge on any atom is 0.409 e. The number of aliphatic carboxylic acids is 1. The minimum atomic E-state index is -1.37. The van der Waals surface area contributed by atoms with E-state index in [4.69, 9.17) is 41.4 Å². The van der Waals surface area contributed by atoms with Crippen LogP contribution in [-0.4, -0.2) is 156 Å². The van der Waals surface area contributed by atoms with E-state index in [0.29, 0.717) is 72.1 Å². The van der Waals surface area contributed by atoms with E-state index >= 15 is 0 Å². The summed E-state index contributed by atoms with van der Waals surface area (Å²) >= 11 is 13.0. The Kier molecular flexibility index (Phi) is 31.2. The fourth-order valence-corrected chi connectivity index (χ4v) is 10.3. The number of allylic oxidation sites excluding steroid dienone is 3. The van der Waals surface area contributed by atoms with E-state index in [0.717, 1.165) is 28.2 Å². The Hall–Kier alpha value is -6.35. The highest BCUT2D eigenvalue weighted by Crippen LogP contribution is 2.38. The zero-order valence-corrected chi connectivity index (χ0v) is 52.4. The summed E-state index contributed by atoms with van der Waals surface area (Å²) in [5.41, 5.74) is 5.86. The first-order chi connectivity index (χ1) is 39.8. The molecule has 5 rings (SSSR count). The highest BCUT2D eigenvalue weighted by molar-refractivity contribution is 9.09. The largest absolute Gasteiger partial charge is 0.495 e. The van der Waals surface area contributed by atoms with Crippen molar-refractivity contribution in [2.45, 2.75) is 147 Å². The molecule has 0 spiro atoms. The molecule has 3 aliphatic heterocycles. The highest BCUT2D eigenvalue weighted by atomic mass is 79.9. The number of carbonyl (C=O) groups excluding carboxylic acids is 8. The molecule has 0 saturated carbocycles. The number of carboxylic acid groups (broad SMARTS) is 1. The molecule has 23 nitrogen and oxygen atoms in total. The first kappa shape index (κ1) is 71.9. The van der Waals surface area contributed by atoms with Crippen LogP contribution in [0.3, 0.4) is 0 Å². The second-order valence-corrected chi connectivity index (χ2v) is 22.1. The summed E-state index contributed by atoms with van der Waals surface area (Å²) in [5, 5.41) is 33.7. The topological polar surface area (TPSA) is 327 Å². The predicted octanol–water partition coefficient (Wildman–Crippen LogP) is 7.17. The highest BCUT2D eigenvalue weighted by Gasteiger charge is 2.45. The van der Waals surface area contributed by atoms with Gasteiger partial charge in [-0.2, -0.15) is 0 Å². The minimum absolute atomic E-state index is 0.0402. The van der Waals surface area contributed by atoms with Gasteiger partial charge in [0.1, 0.15) is 40.5 Å². The standard InChI is InChI=1S/C29H41Br2FN6O9.C25H31ClN2O6.C3H8/c1-17(27(43)44)38(2)26(42)20-10-9-19(13-21(20)32)36-25(41)22(7-6-11-34-29(33)46)37-24(40)16-35-23(39)8-4-3-5-12-47-28(45)18(14-30)15-31;1-15-6-4-5-9-25(31)14-17(33-24(30)27-25)13-20-19(34-20)7-8-22(29)28(2)18-11-16(10-15)12-21(32-3)23(18)26;1-3-2/h9-10,13,17-18,22H,3-8,11-12,14-16H2,1-2H3,(H,35,39)(H,36,41)(H,37,40)(H,43,44)(H3,33,34,46);4-6,11-12,17,19-20,31H,7-10,13-14H2,1-3H3,(H,27,30);3H2,1-2H3/b;5-4+,15-6+;/t17-,22?;17?,19?,20-,25+;/m00./s1. The summed E-state index contributed by atoms with van der Waals surface area (Å²) < 4.78 is 36.5. The Morgan fingerprint density at radius 3 is 2.37 bits per heavy atom. The summed E-state index contributed by atoms with van der Waals surface area (Å²) in [7, 11) is 4.48. The van der Waals surface area contributed by atoms with Crippen LogP contribution in [0.1, 0.15) is 121 Å². The summed E-state index contributed by atoms with van der Waals surface area (Å²) in [6.07, 6.45) is 10.2. The van der Waals surface area contributed by atoms with Crippen molar-refractivity contribution in [2.75, 3.05) is 61.8 Å². The number of carbonyl (C=O) groups is 9. The Bertz CT molecular complexity index is 2670. The Morgan fingerprint density at radius 2 is 1.73 bits per heavy atom. The second kappa shape index (κ2) is 36.5. The molecule has 4 bridgehead atoms. The number of rotatable bonds is 22. The Balaban J connectivity index is 0.000000438. The molecule has 84 heavy (non-hydrogen) atoms. The average molecular weight is 1330 g/mol. The fraction of sp³-hybridized carbons (Fsp3) is 0.561. The molecule has 2 aromatic carbocycles. The smallest absolute Gasteiger partial charge is 0.409 e. The number of benzene rings is 2. The lowest BCUT2D eigenvalue weighted by Crippen LogP contribution is -2.56. The van der Waals surface area contributed by atoms with Crippen molar-refractivity contribution in [1.82, 2.24) is 26.2 Å². The van der Waals surface area contributed by atoms with Gasteiger partial charge in [-0.3, -0.25) is 34.1 Å². The van der Waals surface area contributed by atoms with Gasteiger partial charge < -0.3 is 66.0 Å². The van der Waals surface area contributed by atoms with E-state index in [1.807, 2.05) is 37.3 Å². The van der Waals surface area contributed by atoms with Crippen molar-refractivity contribution in [3.8, 4) is 5.75 Å². The van der Waals surface area contributed by atoms with Crippen LogP contribution in [-0.2, 0) is 49.4 Å². The lowest BCUT2D eigenvalue weighted by molar-refractivity contribution is -0.147. The number of hydrogen-bond donors (Lipinski definition) is 8. The summed E-state index contributed by atoms with van der Waals surface area (Å²) in [6.45, 7) is 7.43. The molecule has 6 atom stereocenters. The maximum atomic E-state index is 14.8. The SMILES string of the molecule is CCC.COc1cc2cc(c1Cl)N(C)C(=O)CCC1O[C@H]1CC1C[C@](O)(C/C=C/C=C(\C)C2)NC(=O)O1.C[C@@H](C(=O)O)N(C)C(=O)c1ccc(NC(=O)C(CCCNC(N)=O)NC(=O)CNC(=O)CCCCCOC(=O)C(CBr)CBr)cc1F. The van der Waals surface area contributed by atoms with E-state index in [-0.39, 0.29) is 80.9 Å². The van der Waals surface area contributed by atoms with Gasteiger partial charge in [-0.05, 0) is 94.7 Å². The number of epoxide rings is 1. The molecule has 2 aromatic rings. The molecule has 3 aliphatic rings. The van der Waals surface area contributed by atoms with Crippen molar-refractivity contribution < 1.29 is 76.7 Å². The van der Waals surface area contributed by atoms with E-state index in [9.17, 15) is 52.6 Å². The van der Waals surface area contributed by atoms with Gasteiger partial charge in [-0.1, -0.05) is 87.5 Å². The van der Waals surface area contributed by atoms with Gasteiger partial charge in [0, 0.05) is 69.1 Å². The zero-order chi connectivity index (χ0) is 62.7. The number of nitrogens with zero attached hydrogens (tertiary/aromatic N) is 2. The lowest BCUT2D eigenvalue weighted by atomic mass is 9.96. The molecule has 2 saturated heterocycles. The van der Waals surface area contributed by atoms with Gasteiger partial charge in [-0.15, -0.1) is 0 Å². The van der Waals surface area contributed by atoms with Crippen LogP contribution in [0.15, 0.2) is 54.1 Å². The third-order valence-electron chi connectivity index (χ3n) is 13.3. The number of fused-ring (bicyclic) bond motifs is 5. The number of anilines is 2. The molecule has 0 aromatic heterocycles. The van der Waals surface area contributed by atoms with Crippen LogP contribution in [0.4, 0.5) is 25.4 Å². The number of halogens is 4. The fourth-order valence-electron chi connectivity index (χ4n) is 8.43. The number of urea groups is 1. The van der Waals surface area contributed by atoms with Gasteiger partial charge in [0.25, 0.3) is 5.91 Å². The number of nitrogens with one attached hydrogen (secondary N) is 5. The number of unbranched alkanes of at least 4 members (excludes halogenated alkanes) is 2. The Labute approximate surface area is 511 Å². The molecule has 3 heterocycles. The van der Waals surface area contributed by atoms with Crippen LogP contribution in [0, 0.1) is 11.7 Å². The molecule has 8 amide bonds. The number of carboxylic acids is 1. The summed E-state index contributed by atoms with van der Waals surface area (Å²) in [5.74, 6) is -5.12. The monoisotopic (exact) mass is 1330 g/mol. The average Bonchev–Trinajstić information content (AvgIpc) is 3.42. The van der Waals surface area contributed by atoms with Crippen LogP contribution in [0.5, 0.6) is 5.75 Å². The number of methoxy groups -OCH3 is 1. The van der Waals surface area contributed by atoms with Gasteiger partial charge in [0.2, 0.25) is 23.6 Å². The van der Waals surface area contributed by atoms with Crippen molar-refractivity contribution in [3.63, 3.8) is 0 Å². The number of likely N-dealkylation sites (N-methyl/N-ethyl adjacent to an activating group) is 1. The second-order valence-electron chi connectivity index (χ2n) is 20.4. The van der Waals surface area contributed by atoms with Crippen LogP contribution >= 0.6 is 43.5 Å². The number of alkyl carbamates (subject to hydrolysis) is 1. The number of aliphatic hydroxyl groups is 1. The normalized spacial score (nSPS) is 20.1. The first-order valence-electron chi connectivity index (χ1n) is 27.6. The maximum absolute atomic E-state index is 14.8. The molecule has 27 heteroatoms. The molecule has 2 fully saturated rings. The number of alkyl halides is 2. The van der Waals surface area contributed by atoms with E-state index in [2.05, 4.69) is 72.3 Å². The third kappa shape index (κ3) is 24.7. The molecule has 9 N–H and O–H groups in total. The predicted molar refractivity (Wildman–Crippen MR) is 321 cm³/mol. The van der Waals surface area contributed by atoms with Crippen molar-refractivity contribution in [1.29, 1.82) is 0 Å². The number of primary amides is 1. The summed E-state index contributed by atoms with van der Waals surface area (Å²) in [6, 6.07) is 3.86. The van der Waals surface area contributed by atoms with Crippen LogP contribution < -0.4 is 42.0 Å². The number of amides is 8. The molecule has 0 aliphatic carbocycles. The van der Waals surface area contributed by atoms with E-state index in [1.54, 1.807) is 19.1 Å². The molecular formula is C57H80Br2ClFN8O15. The quantitative estimate of drug-likeness (QED) is 0.0251. The van der Waals surface area contributed by atoms with Gasteiger partial charge in [-0.25, -0.2) is 18.8 Å². The molecule has 466 valence electrons. The van der Waals surface area contributed by atoms with Gasteiger partial charge in [0.15, 0.2) is 0 Å². The van der Waals surface area contributed by atoms with Crippen LogP contribution in [0.25, 0.3) is 0 Å². The van der Waals surface area contributed by atoms with Gasteiger partial charge in [0.05, 0.1) is 49.6 Å². The van der Waals surface area contributed by atoms with Crippen LogP contribution in [0.2, 0.25) is 5.02 Å². The molecular weight excluding hydrogens is 1250 g/mol. The third-order valence-corrected chi connectivity index (χ3v) is 15.2. The number of ether oxygens (including phenoxy) is 4. The van der Waals surface area contributed by atoms with Crippen molar-refractivity contribution in [2.24, 2.45) is 11.7 Å². The first-order valence-corrected chi connectivity index (χ1v) is 30.2. The molecule has 3 unspecified atom stereocenters. The number of esters is 1. The number of nitrogens with two attached hydrogens (primary N) is 1. The number of hydrogen-bond acceptors (Lipinski definition) is 14. The van der Waals surface area contributed by atoms with Crippen molar-refractivity contribution >= 4 is 108 Å². The van der Waals surface area contributed by atoms with E-state index < -0.39 is 83.6 Å². The molecule has 0 radical (unpaired) electrons. The minimum Gasteiger partial charge on any atom is -0.495 e. The zero-order valence-electron chi connectivity index (χ0n) is 48.5. The van der Waals surface area contributed by atoms with E-state index in [1.165, 1.54) is 26.5 Å². The lowest BCUT2D eigenvalue weighted by Gasteiger charge is -2.36. The van der Waals surface area contributed by atoms with Crippen molar-refractivity contribution in [3.05, 3.63) is 76.1 Å².